The zero-order chi connectivity index (χ0) is 20.1. The van der Waals surface area contributed by atoms with Crippen LogP contribution in [0.4, 0.5) is 27.5 Å². The highest BCUT2D eigenvalue weighted by Gasteiger charge is 2.17. The van der Waals surface area contributed by atoms with Gasteiger partial charge in [-0.1, -0.05) is 37.3 Å². The van der Waals surface area contributed by atoms with Gasteiger partial charge in [-0.3, -0.25) is 10.1 Å². The third-order valence-electron chi connectivity index (χ3n) is 4.20. The van der Waals surface area contributed by atoms with Gasteiger partial charge >= 0.3 is 0 Å². The summed E-state index contributed by atoms with van der Waals surface area (Å²) in [5, 5.41) is 17.4. The molecule has 1 aromatic heterocycles. The number of nitrogens with zero attached hydrogens (tertiary/aromatic N) is 3. The second kappa shape index (κ2) is 8.43. The number of nitrogens with one attached hydrogen (secondary N) is 2. The highest BCUT2D eigenvalue weighted by Crippen LogP contribution is 2.29. The van der Waals surface area contributed by atoms with Gasteiger partial charge in [0.1, 0.15) is 17.3 Å². The summed E-state index contributed by atoms with van der Waals surface area (Å²) in [6, 6.07) is 14.7. The quantitative estimate of drug-likeness (QED) is 0.434. The molecular formula is C20H20FN5O2. The molecule has 0 aliphatic heterocycles. The molecule has 0 bridgehead atoms. The van der Waals surface area contributed by atoms with Crippen LogP contribution in [0.25, 0.3) is 11.3 Å². The van der Waals surface area contributed by atoms with Crippen LogP contribution in [0.5, 0.6) is 0 Å². The molecule has 3 aromatic rings. The second-order valence-corrected chi connectivity index (χ2v) is 6.33. The third-order valence-corrected chi connectivity index (χ3v) is 4.20. The summed E-state index contributed by atoms with van der Waals surface area (Å²) in [5.74, 6) is 0.0985. The van der Waals surface area contributed by atoms with Crippen LogP contribution in [0.1, 0.15) is 20.3 Å². The number of nitro groups is 1. The zero-order valence-corrected chi connectivity index (χ0v) is 15.5. The maximum atomic E-state index is 13.4. The van der Waals surface area contributed by atoms with E-state index < -0.39 is 10.7 Å². The monoisotopic (exact) mass is 381 g/mol. The number of hydrogen-bond acceptors (Lipinski definition) is 6. The Morgan fingerprint density at radius 3 is 2.57 bits per heavy atom. The summed E-state index contributed by atoms with van der Waals surface area (Å²) in [6.07, 6.45) is 0.880. The molecule has 1 heterocycles. The van der Waals surface area contributed by atoms with Crippen molar-refractivity contribution in [3.63, 3.8) is 0 Å². The molecule has 0 aliphatic rings. The lowest BCUT2D eigenvalue weighted by atomic mass is 10.1. The van der Waals surface area contributed by atoms with Gasteiger partial charge in [-0.15, -0.1) is 0 Å². The van der Waals surface area contributed by atoms with E-state index in [-0.39, 0.29) is 17.4 Å². The topological polar surface area (TPSA) is 93.0 Å². The summed E-state index contributed by atoms with van der Waals surface area (Å²) < 4.78 is 13.4. The van der Waals surface area contributed by atoms with E-state index in [1.54, 1.807) is 6.07 Å². The minimum absolute atomic E-state index is 0.151. The SMILES string of the molecule is CC[C@H](C)Nc1nc(Nc2ccc(F)cc2[N+](=O)[O-])cc(-c2ccccc2)n1. The Kier molecular flexibility index (Phi) is 5.78. The predicted octanol–water partition coefficient (Wildman–Crippen LogP) is 5.14. The van der Waals surface area contributed by atoms with Gasteiger partial charge in [-0.25, -0.2) is 9.37 Å². The Hall–Kier alpha value is -3.55. The molecule has 0 saturated heterocycles. The Balaban J connectivity index is 2.03. The van der Waals surface area contributed by atoms with Crippen molar-refractivity contribution in [1.82, 2.24) is 9.97 Å². The van der Waals surface area contributed by atoms with E-state index in [4.69, 9.17) is 0 Å². The molecular weight excluding hydrogens is 361 g/mol. The summed E-state index contributed by atoms with van der Waals surface area (Å²) in [4.78, 5) is 19.6. The van der Waals surface area contributed by atoms with Crippen LogP contribution in [0.2, 0.25) is 0 Å². The van der Waals surface area contributed by atoms with Gasteiger partial charge in [0, 0.05) is 17.7 Å². The van der Waals surface area contributed by atoms with Crippen LogP contribution >= 0.6 is 0 Å². The van der Waals surface area contributed by atoms with Crippen LogP contribution in [0.15, 0.2) is 54.6 Å². The first-order chi connectivity index (χ1) is 13.5. The molecule has 0 spiro atoms. The molecule has 2 N–H and O–H groups in total. The summed E-state index contributed by atoms with van der Waals surface area (Å²) in [6.45, 7) is 4.05. The Morgan fingerprint density at radius 2 is 1.89 bits per heavy atom. The first-order valence-electron chi connectivity index (χ1n) is 8.88. The fourth-order valence-electron chi connectivity index (χ4n) is 2.55. The molecule has 0 unspecified atom stereocenters. The molecule has 7 nitrogen and oxygen atoms in total. The maximum absolute atomic E-state index is 13.4. The summed E-state index contributed by atoms with van der Waals surface area (Å²) in [7, 11) is 0. The third kappa shape index (κ3) is 4.59. The van der Waals surface area contributed by atoms with Crippen LogP contribution in [0, 0.1) is 15.9 Å². The lowest BCUT2D eigenvalue weighted by Crippen LogP contribution is -2.16. The molecule has 144 valence electrons. The highest BCUT2D eigenvalue weighted by atomic mass is 19.1. The summed E-state index contributed by atoms with van der Waals surface area (Å²) in [5.41, 5.74) is 1.33. The number of nitro benzene ring substituents is 1. The Morgan fingerprint density at radius 1 is 1.14 bits per heavy atom. The van der Waals surface area contributed by atoms with Gasteiger partial charge in [-0.2, -0.15) is 4.98 Å². The molecule has 1 atom stereocenters. The van der Waals surface area contributed by atoms with E-state index in [9.17, 15) is 14.5 Å². The molecule has 0 fully saturated rings. The largest absolute Gasteiger partial charge is 0.352 e. The lowest BCUT2D eigenvalue weighted by Gasteiger charge is -2.14. The number of hydrogen-bond donors (Lipinski definition) is 2. The number of benzene rings is 2. The fraction of sp³-hybridized carbons (Fsp3) is 0.200. The smallest absolute Gasteiger partial charge is 0.295 e. The normalized spacial score (nSPS) is 11.7. The average molecular weight is 381 g/mol. The fourth-order valence-corrected chi connectivity index (χ4v) is 2.55. The molecule has 8 heteroatoms. The maximum Gasteiger partial charge on any atom is 0.295 e. The first-order valence-corrected chi connectivity index (χ1v) is 8.88. The molecule has 28 heavy (non-hydrogen) atoms. The Bertz CT molecular complexity index is 982. The molecule has 0 amide bonds. The standard InChI is InChI=1S/C20H20FN5O2/c1-3-13(2)22-20-24-17(14-7-5-4-6-8-14)12-19(25-20)23-16-10-9-15(21)11-18(16)26(27)28/h4-13H,3H2,1-2H3,(H2,22,23,24,25)/t13-/m0/s1. The van der Waals surface area contributed by atoms with Gasteiger partial charge in [0.15, 0.2) is 0 Å². The van der Waals surface area contributed by atoms with Crippen LogP contribution < -0.4 is 10.6 Å². The average Bonchev–Trinajstić information content (AvgIpc) is 2.69. The van der Waals surface area contributed by atoms with Crippen molar-refractivity contribution in [3.05, 3.63) is 70.5 Å². The lowest BCUT2D eigenvalue weighted by molar-refractivity contribution is -0.384. The van der Waals surface area contributed by atoms with E-state index in [0.717, 1.165) is 24.1 Å². The van der Waals surface area contributed by atoms with Crippen molar-refractivity contribution < 1.29 is 9.31 Å². The van der Waals surface area contributed by atoms with E-state index >= 15 is 0 Å². The van der Waals surface area contributed by atoms with Gasteiger partial charge < -0.3 is 10.6 Å². The van der Waals surface area contributed by atoms with Gasteiger partial charge in [-0.05, 0) is 25.5 Å². The molecule has 2 aromatic carbocycles. The highest BCUT2D eigenvalue weighted by molar-refractivity contribution is 5.71. The van der Waals surface area contributed by atoms with Crippen LogP contribution in [-0.4, -0.2) is 20.9 Å². The van der Waals surface area contributed by atoms with Gasteiger partial charge in [0.05, 0.1) is 16.7 Å². The predicted molar refractivity (Wildman–Crippen MR) is 107 cm³/mol. The molecule has 3 rings (SSSR count). The van der Waals surface area contributed by atoms with Gasteiger partial charge in [0.25, 0.3) is 5.69 Å². The summed E-state index contributed by atoms with van der Waals surface area (Å²) >= 11 is 0. The van der Waals surface area contributed by atoms with Crippen molar-refractivity contribution in [2.75, 3.05) is 10.6 Å². The van der Waals surface area contributed by atoms with Crippen molar-refractivity contribution in [2.45, 2.75) is 26.3 Å². The minimum atomic E-state index is -0.677. The molecule has 0 radical (unpaired) electrons. The zero-order valence-electron chi connectivity index (χ0n) is 15.5. The first kappa shape index (κ1) is 19.2. The number of anilines is 3. The van der Waals surface area contributed by atoms with Crippen LogP contribution in [-0.2, 0) is 0 Å². The second-order valence-electron chi connectivity index (χ2n) is 6.33. The van der Waals surface area contributed by atoms with Crippen molar-refractivity contribution in [2.24, 2.45) is 0 Å². The van der Waals surface area contributed by atoms with Gasteiger partial charge in [0.2, 0.25) is 5.95 Å². The van der Waals surface area contributed by atoms with E-state index in [1.165, 1.54) is 6.07 Å². The minimum Gasteiger partial charge on any atom is -0.352 e. The van der Waals surface area contributed by atoms with Crippen molar-refractivity contribution in [3.8, 4) is 11.3 Å². The van der Waals surface area contributed by atoms with E-state index in [1.807, 2.05) is 44.2 Å². The van der Waals surface area contributed by atoms with E-state index in [0.29, 0.717) is 17.5 Å². The van der Waals surface area contributed by atoms with E-state index in [2.05, 4.69) is 20.6 Å². The Labute approximate surface area is 161 Å². The number of halogens is 1. The van der Waals surface area contributed by atoms with Crippen molar-refractivity contribution in [1.29, 1.82) is 0 Å². The molecule has 0 saturated carbocycles. The number of aromatic nitrogens is 2. The van der Waals surface area contributed by atoms with Crippen molar-refractivity contribution >= 4 is 23.1 Å². The number of rotatable bonds is 7. The molecule has 0 aliphatic carbocycles. The van der Waals surface area contributed by atoms with Crippen LogP contribution in [0.3, 0.4) is 0 Å².